The van der Waals surface area contributed by atoms with Gasteiger partial charge in [0, 0.05) is 68.5 Å². The molecule has 2 aliphatic rings. The van der Waals surface area contributed by atoms with Crippen molar-refractivity contribution >= 4 is 35.1 Å². The lowest BCUT2D eigenvalue weighted by Gasteiger charge is -2.37. The van der Waals surface area contributed by atoms with Gasteiger partial charge in [-0.2, -0.15) is 15.0 Å². The van der Waals surface area contributed by atoms with E-state index in [-0.39, 0.29) is 41.8 Å². The summed E-state index contributed by atoms with van der Waals surface area (Å²) in [5.41, 5.74) is 25.7. The lowest BCUT2D eigenvalue weighted by molar-refractivity contribution is -0.115. The largest absolute Gasteiger partial charge is 0.506 e. The third-order valence-electron chi connectivity index (χ3n) is 6.06. The predicted octanol–water partition coefficient (Wildman–Crippen LogP) is -0.601. The summed E-state index contributed by atoms with van der Waals surface area (Å²) in [6.07, 6.45) is 1.77. The Bertz CT molecular complexity index is 988. The summed E-state index contributed by atoms with van der Waals surface area (Å²) < 4.78 is 0. The monoisotopic (exact) mass is 485 g/mol. The number of piperidine rings is 2. The van der Waals surface area contributed by atoms with Gasteiger partial charge in [-0.05, 0) is 25.0 Å². The van der Waals surface area contributed by atoms with E-state index in [4.69, 9.17) is 27.9 Å². The smallest absolute Gasteiger partial charge is 0.233 e. The number of carbonyl (C=O) groups is 1. The number of carbonyl (C=O) groups excluding carboxylic acids is 1. The second-order valence-corrected chi connectivity index (χ2v) is 9.34. The number of nitrogens with zero attached hydrogens (tertiary/aromatic N) is 5. The highest BCUT2D eigenvalue weighted by atomic mass is 16.3. The maximum absolute atomic E-state index is 11.7. The van der Waals surface area contributed by atoms with E-state index in [2.05, 4.69) is 20.6 Å². The summed E-state index contributed by atoms with van der Waals surface area (Å²) >= 11 is 0. The zero-order chi connectivity index (χ0) is 25.1. The molecule has 2 saturated heterocycles. The van der Waals surface area contributed by atoms with Gasteiger partial charge in [-0.25, -0.2) is 0 Å². The Balaban J connectivity index is 1.64. The van der Waals surface area contributed by atoms with Crippen molar-refractivity contribution in [3.05, 3.63) is 18.2 Å². The van der Waals surface area contributed by atoms with E-state index in [1.807, 2.05) is 9.80 Å². The predicted molar refractivity (Wildman–Crippen MR) is 136 cm³/mol. The highest BCUT2D eigenvalue weighted by molar-refractivity contribution is 5.92. The number of aromatic nitrogens is 3. The first-order chi connectivity index (χ1) is 16.7. The Hall–Kier alpha value is -3.26. The summed E-state index contributed by atoms with van der Waals surface area (Å²) in [6, 6.07) is 4.47. The number of nitrogens with two attached hydrogens (primary N) is 4. The lowest BCUT2D eigenvalue weighted by atomic mass is 10.0. The summed E-state index contributed by atoms with van der Waals surface area (Å²) in [5, 5.41) is 16.2. The average molecular weight is 486 g/mol. The van der Waals surface area contributed by atoms with Crippen LogP contribution in [0.3, 0.4) is 0 Å². The van der Waals surface area contributed by atoms with Crippen molar-refractivity contribution in [2.45, 2.75) is 50.4 Å². The molecule has 1 aromatic carbocycles. The van der Waals surface area contributed by atoms with E-state index >= 15 is 0 Å². The van der Waals surface area contributed by atoms with Crippen molar-refractivity contribution in [3.8, 4) is 5.75 Å². The van der Waals surface area contributed by atoms with Crippen molar-refractivity contribution in [3.63, 3.8) is 0 Å². The molecule has 3 heterocycles. The number of nitrogens with one attached hydrogen (secondary N) is 2. The van der Waals surface area contributed by atoms with Gasteiger partial charge < -0.3 is 48.5 Å². The molecule has 190 valence electrons. The van der Waals surface area contributed by atoms with Crippen LogP contribution in [0, 0.1) is 0 Å². The summed E-state index contributed by atoms with van der Waals surface area (Å²) in [6.45, 7) is 4.03. The molecule has 0 spiro atoms. The Morgan fingerprint density at radius 2 is 1.46 bits per heavy atom. The second-order valence-electron chi connectivity index (χ2n) is 9.34. The molecule has 11 N–H and O–H groups in total. The van der Waals surface area contributed by atoms with Crippen LogP contribution in [0.5, 0.6) is 5.75 Å². The number of phenolic OH excluding ortho intramolecular Hbond substituents is 1. The Morgan fingerprint density at radius 3 is 1.91 bits per heavy atom. The van der Waals surface area contributed by atoms with Gasteiger partial charge in [0.2, 0.25) is 23.8 Å². The topological polar surface area (TPSA) is 211 Å². The average Bonchev–Trinajstić information content (AvgIpc) is 2.79. The van der Waals surface area contributed by atoms with Crippen molar-refractivity contribution in [2.75, 3.05) is 46.6 Å². The zero-order valence-corrected chi connectivity index (χ0v) is 19.9. The molecule has 13 heteroatoms. The fourth-order valence-electron chi connectivity index (χ4n) is 4.46. The molecule has 2 fully saturated rings. The minimum atomic E-state index is -0.191. The van der Waals surface area contributed by atoms with Gasteiger partial charge in [-0.1, -0.05) is 6.92 Å². The van der Waals surface area contributed by atoms with Gasteiger partial charge in [-0.15, -0.1) is 0 Å². The molecule has 0 bridgehead atoms. The van der Waals surface area contributed by atoms with Crippen LogP contribution in [-0.2, 0) is 4.79 Å². The van der Waals surface area contributed by atoms with Gasteiger partial charge >= 0.3 is 0 Å². The number of aromatic hydroxyl groups is 1. The summed E-state index contributed by atoms with van der Waals surface area (Å²) in [5.74, 6) is 0.921. The number of hydrogen-bond acceptors (Lipinski definition) is 12. The molecule has 0 radical (unpaired) electrons. The molecule has 4 atom stereocenters. The van der Waals surface area contributed by atoms with Crippen LogP contribution >= 0.6 is 0 Å². The summed E-state index contributed by atoms with van der Waals surface area (Å²) in [4.78, 5) is 29.5. The highest BCUT2D eigenvalue weighted by Gasteiger charge is 2.28. The number of hydrogen-bond donors (Lipinski definition) is 7. The molecular weight excluding hydrogens is 450 g/mol. The van der Waals surface area contributed by atoms with Gasteiger partial charge in [-0.3, -0.25) is 4.79 Å². The van der Waals surface area contributed by atoms with Gasteiger partial charge in [0.15, 0.2) is 0 Å². The SMILES string of the molecule is CCC(=O)Nc1ccc(Nc2nc(N3CC(N)CC(N)C3)nc(N3CC(N)CC(N)C3)n2)cc1O. The number of rotatable bonds is 6. The zero-order valence-electron chi connectivity index (χ0n) is 19.9. The standard InChI is InChI=1S/C22H35N11O2/c1-2-19(35)28-17-4-3-16(7-18(17)34)27-20-29-21(32-8-12(23)5-13(24)9-32)31-22(30-20)33-10-14(25)6-15(26)11-33/h3-4,7,12-15,34H,2,5-6,8-11,23-26H2,1H3,(H,28,35)(H,27,29,30,31). The van der Waals surface area contributed by atoms with Crippen molar-refractivity contribution in [2.24, 2.45) is 22.9 Å². The van der Waals surface area contributed by atoms with E-state index in [0.29, 0.717) is 55.9 Å². The molecule has 0 aliphatic carbocycles. The maximum atomic E-state index is 11.7. The number of amides is 1. The highest BCUT2D eigenvalue weighted by Crippen LogP contribution is 2.29. The van der Waals surface area contributed by atoms with Crippen molar-refractivity contribution < 1.29 is 9.90 Å². The first kappa shape index (κ1) is 24.9. The normalized spacial score (nSPS) is 24.8. The molecule has 4 unspecified atom stereocenters. The van der Waals surface area contributed by atoms with E-state index in [1.165, 1.54) is 6.07 Å². The van der Waals surface area contributed by atoms with Crippen LogP contribution in [0.25, 0.3) is 0 Å². The molecule has 2 aliphatic heterocycles. The molecular formula is C22H35N11O2. The van der Waals surface area contributed by atoms with Crippen LogP contribution < -0.4 is 43.4 Å². The fourth-order valence-corrected chi connectivity index (χ4v) is 4.46. The molecule has 13 nitrogen and oxygen atoms in total. The van der Waals surface area contributed by atoms with Gasteiger partial charge in [0.1, 0.15) is 5.75 Å². The third kappa shape index (κ3) is 6.25. The molecule has 1 aromatic heterocycles. The lowest BCUT2D eigenvalue weighted by Crippen LogP contribution is -2.54. The van der Waals surface area contributed by atoms with Crippen LogP contribution in [-0.4, -0.2) is 76.3 Å². The third-order valence-corrected chi connectivity index (χ3v) is 6.06. The first-order valence-corrected chi connectivity index (χ1v) is 11.9. The maximum Gasteiger partial charge on any atom is 0.233 e. The van der Waals surface area contributed by atoms with Crippen LogP contribution in [0.1, 0.15) is 26.2 Å². The molecule has 35 heavy (non-hydrogen) atoms. The summed E-state index contributed by atoms with van der Waals surface area (Å²) in [7, 11) is 0. The van der Waals surface area contributed by atoms with Gasteiger partial charge in [0.25, 0.3) is 0 Å². The second kappa shape index (κ2) is 10.6. The van der Waals surface area contributed by atoms with E-state index in [0.717, 1.165) is 12.8 Å². The minimum absolute atomic E-state index is 0.0766. The van der Waals surface area contributed by atoms with Crippen molar-refractivity contribution in [1.82, 2.24) is 15.0 Å². The Labute approximate surface area is 204 Å². The fraction of sp³-hybridized carbons (Fsp3) is 0.545. The molecule has 0 saturated carbocycles. The quantitative estimate of drug-likeness (QED) is 0.256. The minimum Gasteiger partial charge on any atom is -0.506 e. The molecule has 2 aromatic rings. The molecule has 1 amide bonds. The van der Waals surface area contributed by atoms with E-state index < -0.39 is 0 Å². The van der Waals surface area contributed by atoms with E-state index in [9.17, 15) is 9.90 Å². The Morgan fingerprint density at radius 1 is 0.943 bits per heavy atom. The van der Waals surface area contributed by atoms with Crippen LogP contribution in [0.15, 0.2) is 18.2 Å². The van der Waals surface area contributed by atoms with E-state index in [1.54, 1.807) is 19.1 Å². The van der Waals surface area contributed by atoms with Crippen molar-refractivity contribution in [1.29, 1.82) is 0 Å². The number of benzene rings is 1. The first-order valence-electron chi connectivity index (χ1n) is 11.9. The van der Waals surface area contributed by atoms with Crippen LogP contribution in [0.4, 0.5) is 29.2 Å². The molecule has 4 rings (SSSR count). The van der Waals surface area contributed by atoms with Gasteiger partial charge in [0.05, 0.1) is 5.69 Å². The Kier molecular flexibility index (Phi) is 7.50. The number of anilines is 5. The number of phenols is 1. The van der Waals surface area contributed by atoms with Crippen LogP contribution in [0.2, 0.25) is 0 Å².